The molecule has 1 aromatic heterocycles. The zero-order valence-corrected chi connectivity index (χ0v) is 20.4. The molecule has 15 heteroatoms. The van der Waals surface area contributed by atoms with Gasteiger partial charge in [-0.05, 0) is 12.3 Å². The fourth-order valence-corrected chi connectivity index (χ4v) is 3.19. The largest absolute Gasteiger partial charge is 0.370 e. The summed E-state index contributed by atoms with van der Waals surface area (Å²) < 4.78 is 0.511. The highest BCUT2D eigenvalue weighted by Crippen LogP contribution is 2.09. The Labute approximate surface area is 207 Å². The van der Waals surface area contributed by atoms with Gasteiger partial charge in [0.2, 0.25) is 35.4 Å². The molecule has 1 aromatic rings. The standard InChI is InChI=1S/C20H31ClN8O6/c1-10(2)4-14(19(34)28-13(18(23)33)5-12-7-24-9-26-12)27-17(32)8-25-20(35)15(6-16(22)31)29(21)11(3)30/h7,9-10,13-15H,4-6,8H2,1-3H3,(H2,22,31)(H2,23,33)(H,24,26)(H,25,35)(H,27,32)(H,28,34)/t13-,14-,15-/m0/s1. The molecular weight excluding hydrogens is 484 g/mol. The number of nitrogens with zero attached hydrogens (tertiary/aromatic N) is 2. The lowest BCUT2D eigenvalue weighted by molar-refractivity contribution is -0.136. The zero-order chi connectivity index (χ0) is 26.7. The number of hydrogen-bond acceptors (Lipinski definition) is 7. The third kappa shape index (κ3) is 10.4. The summed E-state index contributed by atoms with van der Waals surface area (Å²) in [6, 6.07) is -3.51. The Morgan fingerprint density at radius 2 is 1.74 bits per heavy atom. The predicted octanol–water partition coefficient (Wildman–Crippen LogP) is -2.18. The molecule has 1 heterocycles. The maximum atomic E-state index is 12.8. The van der Waals surface area contributed by atoms with E-state index in [1.807, 2.05) is 13.8 Å². The van der Waals surface area contributed by atoms with Crippen LogP contribution in [-0.4, -0.2) is 74.5 Å². The van der Waals surface area contributed by atoms with Gasteiger partial charge in [0.1, 0.15) is 18.1 Å². The van der Waals surface area contributed by atoms with E-state index in [9.17, 15) is 28.8 Å². The topological polar surface area (TPSA) is 222 Å². The van der Waals surface area contributed by atoms with E-state index >= 15 is 0 Å². The van der Waals surface area contributed by atoms with Crippen LogP contribution < -0.4 is 27.4 Å². The van der Waals surface area contributed by atoms with Gasteiger partial charge in [-0.15, -0.1) is 0 Å². The van der Waals surface area contributed by atoms with Crippen LogP contribution in [0, 0.1) is 5.92 Å². The molecule has 0 saturated carbocycles. The molecule has 0 aromatic carbocycles. The Hall–Kier alpha value is -3.68. The number of primary amides is 2. The van der Waals surface area contributed by atoms with Crippen molar-refractivity contribution in [3.63, 3.8) is 0 Å². The molecule has 0 saturated heterocycles. The number of aromatic amines is 1. The molecule has 0 aliphatic carbocycles. The van der Waals surface area contributed by atoms with Gasteiger partial charge < -0.3 is 32.4 Å². The molecule has 0 spiro atoms. The molecule has 8 N–H and O–H groups in total. The second-order valence-corrected chi connectivity index (χ2v) is 8.59. The van der Waals surface area contributed by atoms with Gasteiger partial charge in [-0.3, -0.25) is 28.8 Å². The van der Waals surface area contributed by atoms with Gasteiger partial charge in [0.25, 0.3) is 0 Å². The van der Waals surface area contributed by atoms with Gasteiger partial charge in [-0.1, -0.05) is 13.8 Å². The van der Waals surface area contributed by atoms with Crippen molar-refractivity contribution in [2.45, 2.75) is 58.2 Å². The van der Waals surface area contributed by atoms with Crippen LogP contribution in [0.1, 0.15) is 39.3 Å². The minimum atomic E-state index is -1.42. The summed E-state index contributed by atoms with van der Waals surface area (Å²) in [5.41, 5.74) is 11.1. The van der Waals surface area contributed by atoms with Gasteiger partial charge in [0.05, 0.1) is 19.3 Å². The highest BCUT2D eigenvalue weighted by molar-refractivity contribution is 6.23. The van der Waals surface area contributed by atoms with Gasteiger partial charge >= 0.3 is 0 Å². The van der Waals surface area contributed by atoms with Crippen LogP contribution in [0.4, 0.5) is 0 Å². The first-order valence-corrected chi connectivity index (χ1v) is 11.0. The number of carbonyl (C=O) groups excluding carboxylic acids is 6. The van der Waals surface area contributed by atoms with Crippen molar-refractivity contribution in [2.24, 2.45) is 17.4 Å². The number of hydrogen-bond donors (Lipinski definition) is 6. The minimum Gasteiger partial charge on any atom is -0.370 e. The summed E-state index contributed by atoms with van der Waals surface area (Å²) in [4.78, 5) is 78.8. The third-order valence-corrected chi connectivity index (χ3v) is 5.17. The van der Waals surface area contributed by atoms with E-state index in [-0.39, 0.29) is 18.8 Å². The molecule has 0 fully saturated rings. The van der Waals surface area contributed by atoms with E-state index in [2.05, 4.69) is 25.9 Å². The van der Waals surface area contributed by atoms with Crippen LogP contribution in [0.25, 0.3) is 0 Å². The second kappa shape index (κ2) is 13.9. The average molecular weight is 515 g/mol. The Balaban J connectivity index is 2.81. The molecule has 0 bridgehead atoms. The monoisotopic (exact) mass is 514 g/mol. The van der Waals surface area contributed by atoms with Gasteiger partial charge in [-0.25, -0.2) is 9.40 Å². The minimum absolute atomic E-state index is 0.0133. The first-order valence-electron chi connectivity index (χ1n) is 10.7. The number of halogens is 1. The molecule has 0 aliphatic rings. The van der Waals surface area contributed by atoms with Gasteiger partial charge in [0, 0.05) is 37.0 Å². The van der Waals surface area contributed by atoms with E-state index in [1.165, 1.54) is 12.5 Å². The van der Waals surface area contributed by atoms with Crippen molar-refractivity contribution in [1.29, 1.82) is 0 Å². The number of nitrogens with one attached hydrogen (secondary N) is 4. The molecule has 194 valence electrons. The molecule has 35 heavy (non-hydrogen) atoms. The van der Waals surface area contributed by atoms with Gasteiger partial charge in [-0.2, -0.15) is 0 Å². The van der Waals surface area contributed by atoms with E-state index in [0.717, 1.165) is 6.92 Å². The lowest BCUT2D eigenvalue weighted by atomic mass is 10.0. The summed E-state index contributed by atoms with van der Waals surface area (Å²) in [7, 11) is 0. The molecule has 0 aliphatic heterocycles. The van der Waals surface area contributed by atoms with Crippen molar-refractivity contribution < 1.29 is 28.8 Å². The van der Waals surface area contributed by atoms with E-state index < -0.39 is 66.5 Å². The summed E-state index contributed by atoms with van der Waals surface area (Å²) in [5, 5.41) is 7.27. The average Bonchev–Trinajstić information content (AvgIpc) is 3.26. The van der Waals surface area contributed by atoms with Crippen LogP contribution in [-0.2, 0) is 35.2 Å². The molecule has 14 nitrogen and oxygen atoms in total. The van der Waals surface area contributed by atoms with Crippen LogP contribution >= 0.6 is 11.8 Å². The number of aromatic nitrogens is 2. The maximum Gasteiger partial charge on any atom is 0.245 e. The first-order chi connectivity index (χ1) is 16.3. The molecule has 0 radical (unpaired) electrons. The summed E-state index contributed by atoms with van der Waals surface area (Å²) in [5.74, 6) is -4.63. The zero-order valence-electron chi connectivity index (χ0n) is 19.7. The summed E-state index contributed by atoms with van der Waals surface area (Å²) >= 11 is 5.76. The summed E-state index contributed by atoms with van der Waals surface area (Å²) in [6.07, 6.45) is 2.65. The fourth-order valence-electron chi connectivity index (χ4n) is 3.03. The Bertz CT molecular complexity index is 923. The fraction of sp³-hybridized carbons (Fsp3) is 0.550. The van der Waals surface area contributed by atoms with Crippen molar-refractivity contribution in [3.05, 3.63) is 18.2 Å². The van der Waals surface area contributed by atoms with Crippen molar-refractivity contribution in [2.75, 3.05) is 6.54 Å². The number of amides is 6. The molecule has 3 atom stereocenters. The molecule has 1 rings (SSSR count). The normalized spacial score (nSPS) is 13.3. The van der Waals surface area contributed by atoms with Crippen LogP contribution in [0.2, 0.25) is 0 Å². The first kappa shape index (κ1) is 29.4. The highest BCUT2D eigenvalue weighted by Gasteiger charge is 2.30. The number of carbonyl (C=O) groups is 6. The molecule has 6 amide bonds. The van der Waals surface area contributed by atoms with E-state index in [1.54, 1.807) is 0 Å². The third-order valence-electron chi connectivity index (χ3n) is 4.69. The number of imidazole rings is 1. The van der Waals surface area contributed by atoms with Crippen molar-refractivity contribution in [1.82, 2.24) is 30.3 Å². The Kier molecular flexibility index (Phi) is 11.6. The van der Waals surface area contributed by atoms with Crippen LogP contribution in [0.3, 0.4) is 0 Å². The summed E-state index contributed by atoms with van der Waals surface area (Å²) in [6.45, 7) is 4.17. The predicted molar refractivity (Wildman–Crippen MR) is 124 cm³/mol. The van der Waals surface area contributed by atoms with Crippen LogP contribution in [0.5, 0.6) is 0 Å². The molecular formula is C20H31ClN8O6. The Morgan fingerprint density at radius 3 is 2.23 bits per heavy atom. The number of rotatable bonds is 14. The lowest BCUT2D eigenvalue weighted by Gasteiger charge is -2.24. The smallest absolute Gasteiger partial charge is 0.245 e. The molecule has 0 unspecified atom stereocenters. The van der Waals surface area contributed by atoms with Crippen LogP contribution in [0.15, 0.2) is 12.5 Å². The lowest BCUT2D eigenvalue weighted by Crippen LogP contribution is -2.55. The SMILES string of the molecule is CC(=O)N(Cl)[C@@H](CC(N)=O)C(=O)NCC(=O)N[C@@H](CC(C)C)C(=O)N[C@@H](Cc1cnc[nH]1)C(N)=O. The second-order valence-electron chi connectivity index (χ2n) is 8.23. The van der Waals surface area contributed by atoms with Crippen molar-refractivity contribution >= 4 is 47.2 Å². The van der Waals surface area contributed by atoms with E-state index in [0.29, 0.717) is 10.1 Å². The Morgan fingerprint density at radius 1 is 1.09 bits per heavy atom. The number of nitrogens with two attached hydrogens (primary N) is 2. The van der Waals surface area contributed by atoms with Gasteiger partial charge in [0.15, 0.2) is 0 Å². The van der Waals surface area contributed by atoms with E-state index in [4.69, 9.17) is 23.2 Å². The highest BCUT2D eigenvalue weighted by atomic mass is 35.5. The quantitative estimate of drug-likeness (QED) is 0.150. The van der Waals surface area contributed by atoms with Crippen molar-refractivity contribution in [3.8, 4) is 0 Å². The maximum absolute atomic E-state index is 12.8. The number of H-pyrrole nitrogens is 1.